The third-order valence-electron chi connectivity index (χ3n) is 2.96. The van der Waals surface area contributed by atoms with Crippen LogP contribution in [0.2, 0.25) is 0 Å². The second kappa shape index (κ2) is 3.93. The van der Waals surface area contributed by atoms with Crippen molar-refractivity contribution in [3.05, 3.63) is 29.3 Å². The molecule has 1 unspecified atom stereocenters. The molecule has 1 aromatic rings. The minimum absolute atomic E-state index is 0.141. The normalized spacial score (nSPS) is 20.1. The van der Waals surface area contributed by atoms with Crippen molar-refractivity contribution in [1.29, 1.82) is 0 Å². The number of carbonyl (C=O) groups excluding carboxylic acids is 1. The van der Waals surface area contributed by atoms with Crippen molar-refractivity contribution in [3.8, 4) is 5.75 Å². The molecule has 0 bridgehead atoms. The van der Waals surface area contributed by atoms with Crippen molar-refractivity contribution in [1.82, 2.24) is 5.32 Å². The summed E-state index contributed by atoms with van der Waals surface area (Å²) in [4.78, 5) is 11.2. The summed E-state index contributed by atoms with van der Waals surface area (Å²) in [5, 5.41) is 2.85. The van der Waals surface area contributed by atoms with E-state index in [-0.39, 0.29) is 5.91 Å². The molecule has 0 spiro atoms. The minimum atomic E-state index is 0.141. The van der Waals surface area contributed by atoms with Gasteiger partial charge in [0.05, 0.1) is 7.11 Å². The molecule has 1 atom stereocenters. The Hall–Kier alpha value is -1.51. The van der Waals surface area contributed by atoms with Crippen LogP contribution in [0.1, 0.15) is 23.5 Å². The number of carbonyl (C=O) groups is 1. The number of benzene rings is 1. The molecule has 1 heterocycles. The monoisotopic (exact) mass is 205 g/mol. The van der Waals surface area contributed by atoms with Gasteiger partial charge in [-0.2, -0.15) is 0 Å². The molecular formula is C12H15NO2. The van der Waals surface area contributed by atoms with Gasteiger partial charge in [0.2, 0.25) is 5.91 Å². The SMILES string of the molecule is COc1cccc(C2CNC(=O)C2)c1C. The van der Waals surface area contributed by atoms with E-state index in [4.69, 9.17) is 4.74 Å². The molecule has 0 radical (unpaired) electrons. The molecule has 1 aliphatic rings. The molecule has 0 saturated carbocycles. The van der Waals surface area contributed by atoms with Gasteiger partial charge in [0.15, 0.2) is 0 Å². The highest BCUT2D eigenvalue weighted by molar-refractivity contribution is 5.79. The largest absolute Gasteiger partial charge is 0.496 e. The summed E-state index contributed by atoms with van der Waals surface area (Å²) in [5.74, 6) is 1.33. The highest BCUT2D eigenvalue weighted by Gasteiger charge is 2.24. The fourth-order valence-electron chi connectivity index (χ4n) is 2.12. The van der Waals surface area contributed by atoms with Crippen molar-refractivity contribution in [2.45, 2.75) is 19.3 Å². The maximum Gasteiger partial charge on any atom is 0.220 e. The van der Waals surface area contributed by atoms with Gasteiger partial charge in [0, 0.05) is 18.9 Å². The Morgan fingerprint density at radius 3 is 2.87 bits per heavy atom. The van der Waals surface area contributed by atoms with Gasteiger partial charge in [-0.3, -0.25) is 4.79 Å². The standard InChI is InChI=1S/C12H15NO2/c1-8-10(4-3-5-11(8)15-2)9-6-12(14)13-7-9/h3-5,9H,6-7H2,1-2H3,(H,13,14). The van der Waals surface area contributed by atoms with Crippen LogP contribution in [0, 0.1) is 6.92 Å². The maximum atomic E-state index is 11.2. The molecule has 1 fully saturated rings. The third kappa shape index (κ3) is 1.82. The molecule has 3 nitrogen and oxygen atoms in total. The van der Waals surface area contributed by atoms with Crippen LogP contribution in [-0.4, -0.2) is 19.6 Å². The van der Waals surface area contributed by atoms with Crippen LogP contribution in [0.25, 0.3) is 0 Å². The lowest BCUT2D eigenvalue weighted by Crippen LogP contribution is -2.13. The number of methoxy groups -OCH3 is 1. The van der Waals surface area contributed by atoms with Gasteiger partial charge in [-0.15, -0.1) is 0 Å². The molecule has 0 aromatic heterocycles. The Morgan fingerprint density at radius 1 is 1.47 bits per heavy atom. The molecule has 1 amide bonds. The first kappa shape index (κ1) is 10.0. The summed E-state index contributed by atoms with van der Waals surface area (Å²) >= 11 is 0. The lowest BCUT2D eigenvalue weighted by atomic mass is 9.93. The first-order chi connectivity index (χ1) is 7.22. The van der Waals surface area contributed by atoms with Crippen LogP contribution in [0.4, 0.5) is 0 Å². The molecule has 1 aliphatic heterocycles. The van der Waals surface area contributed by atoms with E-state index in [1.165, 1.54) is 5.56 Å². The summed E-state index contributed by atoms with van der Waals surface area (Å²) in [6, 6.07) is 6.00. The van der Waals surface area contributed by atoms with Gasteiger partial charge in [0.25, 0.3) is 0 Å². The smallest absolute Gasteiger partial charge is 0.220 e. The molecule has 2 rings (SSSR count). The van der Waals surface area contributed by atoms with Crippen molar-refractivity contribution >= 4 is 5.91 Å². The molecular weight excluding hydrogens is 190 g/mol. The van der Waals surface area contributed by atoms with Gasteiger partial charge < -0.3 is 10.1 Å². The summed E-state index contributed by atoms with van der Waals surface area (Å²) in [6.45, 7) is 2.78. The molecule has 0 aliphatic carbocycles. The molecule has 15 heavy (non-hydrogen) atoms. The first-order valence-electron chi connectivity index (χ1n) is 5.12. The highest BCUT2D eigenvalue weighted by atomic mass is 16.5. The van der Waals surface area contributed by atoms with Crippen molar-refractivity contribution in [3.63, 3.8) is 0 Å². The van der Waals surface area contributed by atoms with E-state index in [0.717, 1.165) is 17.9 Å². The zero-order chi connectivity index (χ0) is 10.8. The lowest BCUT2D eigenvalue weighted by Gasteiger charge is -2.14. The van der Waals surface area contributed by atoms with Crippen LogP contribution < -0.4 is 10.1 Å². The number of hydrogen-bond donors (Lipinski definition) is 1. The van der Waals surface area contributed by atoms with Crippen molar-refractivity contribution < 1.29 is 9.53 Å². The number of amides is 1. The highest BCUT2D eigenvalue weighted by Crippen LogP contribution is 2.30. The topological polar surface area (TPSA) is 38.3 Å². The quantitative estimate of drug-likeness (QED) is 0.796. The summed E-state index contributed by atoms with van der Waals surface area (Å²) in [6.07, 6.45) is 0.591. The zero-order valence-corrected chi connectivity index (χ0v) is 9.04. The van der Waals surface area contributed by atoms with E-state index in [0.29, 0.717) is 12.3 Å². The van der Waals surface area contributed by atoms with Gasteiger partial charge in [-0.1, -0.05) is 12.1 Å². The number of rotatable bonds is 2. The van der Waals surface area contributed by atoms with Crippen LogP contribution in [-0.2, 0) is 4.79 Å². The van der Waals surface area contributed by atoms with Gasteiger partial charge in [-0.25, -0.2) is 0 Å². The predicted octanol–water partition coefficient (Wildman–Crippen LogP) is 1.61. The van der Waals surface area contributed by atoms with Crippen LogP contribution in [0.5, 0.6) is 5.75 Å². The second-order valence-electron chi connectivity index (χ2n) is 3.88. The van der Waals surface area contributed by atoms with E-state index in [2.05, 4.69) is 11.4 Å². The summed E-state index contributed by atoms with van der Waals surface area (Å²) in [5.41, 5.74) is 2.36. The van der Waals surface area contributed by atoms with E-state index in [9.17, 15) is 4.79 Å². The molecule has 80 valence electrons. The molecule has 1 N–H and O–H groups in total. The number of hydrogen-bond acceptors (Lipinski definition) is 2. The van der Waals surface area contributed by atoms with Gasteiger partial charge >= 0.3 is 0 Å². The average Bonchev–Trinajstić information content (AvgIpc) is 2.65. The van der Waals surface area contributed by atoms with Crippen LogP contribution in [0.3, 0.4) is 0 Å². The average molecular weight is 205 g/mol. The lowest BCUT2D eigenvalue weighted by molar-refractivity contribution is -0.119. The number of nitrogens with one attached hydrogen (secondary N) is 1. The van der Waals surface area contributed by atoms with Crippen LogP contribution >= 0.6 is 0 Å². The first-order valence-corrected chi connectivity index (χ1v) is 5.12. The van der Waals surface area contributed by atoms with Crippen molar-refractivity contribution in [2.75, 3.05) is 13.7 Å². The van der Waals surface area contributed by atoms with Gasteiger partial charge in [0.1, 0.15) is 5.75 Å². The summed E-state index contributed by atoms with van der Waals surface area (Å²) < 4.78 is 5.27. The molecule has 1 saturated heterocycles. The Balaban J connectivity index is 2.32. The Bertz CT molecular complexity index is 387. The Morgan fingerprint density at radius 2 is 2.27 bits per heavy atom. The van der Waals surface area contributed by atoms with E-state index < -0.39 is 0 Å². The molecule has 3 heteroatoms. The predicted molar refractivity (Wildman–Crippen MR) is 58.1 cm³/mol. The summed E-state index contributed by atoms with van der Waals surface area (Å²) in [7, 11) is 1.67. The number of ether oxygens (including phenoxy) is 1. The van der Waals surface area contributed by atoms with Gasteiger partial charge in [-0.05, 0) is 24.1 Å². The zero-order valence-electron chi connectivity index (χ0n) is 9.04. The second-order valence-corrected chi connectivity index (χ2v) is 3.88. The fraction of sp³-hybridized carbons (Fsp3) is 0.417. The van der Waals surface area contributed by atoms with E-state index in [1.807, 2.05) is 19.1 Å². The minimum Gasteiger partial charge on any atom is -0.496 e. The fourth-order valence-corrected chi connectivity index (χ4v) is 2.12. The van der Waals surface area contributed by atoms with E-state index in [1.54, 1.807) is 7.11 Å². The van der Waals surface area contributed by atoms with Crippen molar-refractivity contribution in [2.24, 2.45) is 0 Å². The third-order valence-corrected chi connectivity index (χ3v) is 2.96. The molecule has 1 aromatic carbocycles. The van der Waals surface area contributed by atoms with Crippen LogP contribution in [0.15, 0.2) is 18.2 Å². The Labute approximate surface area is 89.4 Å². The van der Waals surface area contributed by atoms with E-state index >= 15 is 0 Å². The Kier molecular flexibility index (Phi) is 2.62. The maximum absolute atomic E-state index is 11.2.